The maximum atomic E-state index is 11.1. The lowest BCUT2D eigenvalue weighted by atomic mass is 10.1. The molecule has 1 amide bonds. The van der Waals surface area contributed by atoms with Crippen LogP contribution >= 0.6 is 0 Å². The fourth-order valence-corrected chi connectivity index (χ4v) is 5.66. The van der Waals surface area contributed by atoms with Crippen LogP contribution in [0.2, 0.25) is 0 Å². The molecule has 0 atom stereocenters. The minimum absolute atomic E-state index is 0.00926. The number of allylic oxidation sites excluding steroid dienone is 2. The van der Waals surface area contributed by atoms with Gasteiger partial charge in [-0.05, 0) is 49.6 Å². The van der Waals surface area contributed by atoms with E-state index in [4.69, 9.17) is 0 Å². The highest BCUT2D eigenvalue weighted by Crippen LogP contribution is 2.23. The Morgan fingerprint density at radius 2 is 1.05 bits per heavy atom. The van der Waals surface area contributed by atoms with Crippen LogP contribution in [0.1, 0.15) is 35.3 Å². The summed E-state index contributed by atoms with van der Waals surface area (Å²) < 4.78 is 80.6. The van der Waals surface area contributed by atoms with E-state index in [1.54, 1.807) is 36.4 Å². The van der Waals surface area contributed by atoms with Gasteiger partial charge < -0.3 is 28.8 Å². The number of benzene rings is 2. The van der Waals surface area contributed by atoms with Gasteiger partial charge in [0, 0.05) is 28.8 Å². The zero-order valence-electron chi connectivity index (χ0n) is 21.6. The van der Waals surface area contributed by atoms with Crippen LogP contribution in [-0.2, 0) is 39.0 Å². The van der Waals surface area contributed by atoms with E-state index in [2.05, 4.69) is 26.6 Å². The van der Waals surface area contributed by atoms with Crippen molar-refractivity contribution in [2.75, 3.05) is 0 Å². The molecule has 2 aromatic carbocycles. The molecule has 6 rings (SSSR count). The normalized spacial score (nSPS) is 19.3. The van der Waals surface area contributed by atoms with Gasteiger partial charge in [0.25, 0.3) is 15.9 Å². The van der Waals surface area contributed by atoms with Crippen molar-refractivity contribution in [3.63, 3.8) is 0 Å². The Bertz CT molecular complexity index is 1930. The lowest BCUT2D eigenvalue weighted by molar-refractivity contribution is -0.212. The van der Waals surface area contributed by atoms with E-state index in [9.17, 15) is 50.5 Å². The second kappa shape index (κ2) is 12.4. The average Bonchev–Trinajstić information content (AvgIpc) is 3.28. The third-order valence-electron chi connectivity index (χ3n) is 4.72. The number of nitrogens with zero attached hydrogens (tertiary/aromatic N) is 4. The third kappa shape index (κ3) is 8.70. The summed E-state index contributed by atoms with van der Waals surface area (Å²) in [6.07, 6.45) is 2.00. The molecule has 43 heavy (non-hydrogen) atoms. The van der Waals surface area contributed by atoms with Gasteiger partial charge in [0.05, 0.1) is 4.90 Å². The molecular weight excluding hydrogens is 636 g/mol. The van der Waals surface area contributed by atoms with Crippen molar-refractivity contribution < 1.29 is 58.8 Å². The molecule has 0 radical (unpaired) electrons. The largest absolute Gasteiger partial charge is 0.858 e. The monoisotopic (exact) mass is 652 g/mol. The van der Waals surface area contributed by atoms with E-state index >= 15 is 0 Å². The number of hydrogen-bond donors (Lipinski definition) is 0. The van der Waals surface area contributed by atoms with E-state index in [0.29, 0.717) is 11.1 Å². The van der Waals surface area contributed by atoms with Crippen LogP contribution < -0.4 is 20.4 Å². The van der Waals surface area contributed by atoms with Crippen molar-refractivity contribution in [2.24, 2.45) is 18.2 Å². The summed E-state index contributed by atoms with van der Waals surface area (Å²) in [5.74, 6) is -3.05. The Hall–Kier alpha value is -5.08. The molecule has 4 aliphatic heterocycles. The molecule has 4 aliphatic rings. The molecular formula is C23H16N4O13S3-4. The second-order valence-corrected chi connectivity index (χ2v) is 12.0. The fourth-order valence-electron chi connectivity index (χ4n) is 3.18. The Morgan fingerprint density at radius 1 is 0.605 bits per heavy atom. The minimum atomic E-state index is -3.97. The molecule has 4 heterocycles. The number of aliphatic imine (C=N–C) groups is 1. The molecule has 0 bridgehead atoms. The SMILES string of the molecule is CC1=CC([O-])=NS(=O)(=O)O1.CC1=CC([O-])=NS(=O)(=O)O1.O=C1N=C([O-])c2ccccc21.O=S1(=O)N=C([O-])c2ccccc21. The highest BCUT2D eigenvalue weighted by Gasteiger charge is 2.23. The summed E-state index contributed by atoms with van der Waals surface area (Å²) in [5.41, 5.74) is 0.993. The number of carbonyl (C=O) groups is 1. The molecule has 0 spiro atoms. The average molecular weight is 653 g/mol. The third-order valence-corrected chi connectivity index (χ3v) is 7.79. The van der Waals surface area contributed by atoms with E-state index in [1.165, 1.54) is 26.0 Å². The summed E-state index contributed by atoms with van der Waals surface area (Å²) in [5, 5.41) is 42.6. The molecule has 0 aliphatic carbocycles. The van der Waals surface area contributed by atoms with Crippen molar-refractivity contribution in [3.8, 4) is 0 Å². The summed E-state index contributed by atoms with van der Waals surface area (Å²) in [4.78, 5) is 14.2. The number of hydrogen-bond acceptors (Lipinski definition) is 13. The summed E-state index contributed by atoms with van der Waals surface area (Å²) in [7, 11) is -11.6. The van der Waals surface area contributed by atoms with Crippen LogP contribution in [0.3, 0.4) is 0 Å². The molecule has 0 N–H and O–H groups in total. The Morgan fingerprint density at radius 3 is 1.47 bits per heavy atom. The van der Waals surface area contributed by atoms with Gasteiger partial charge in [-0.1, -0.05) is 36.4 Å². The van der Waals surface area contributed by atoms with Crippen LogP contribution in [0.15, 0.2) is 95.3 Å². The van der Waals surface area contributed by atoms with Gasteiger partial charge in [0.15, 0.2) is 0 Å². The predicted octanol–water partition coefficient (Wildman–Crippen LogP) is -2.71. The second-order valence-electron chi connectivity index (χ2n) is 8.03. The number of carbonyl (C=O) groups excluding carboxylic acids is 1. The van der Waals surface area contributed by atoms with Crippen molar-refractivity contribution in [2.45, 2.75) is 18.7 Å². The van der Waals surface area contributed by atoms with Crippen molar-refractivity contribution in [1.82, 2.24) is 0 Å². The molecule has 0 saturated heterocycles. The zero-order valence-corrected chi connectivity index (χ0v) is 24.0. The number of rotatable bonds is 0. The molecule has 0 unspecified atom stereocenters. The first-order valence-corrected chi connectivity index (χ1v) is 15.4. The highest BCUT2D eigenvalue weighted by atomic mass is 32.2. The predicted molar refractivity (Wildman–Crippen MR) is 140 cm³/mol. The first-order valence-electron chi connectivity index (χ1n) is 11.2. The molecule has 0 saturated carbocycles. The Kier molecular flexibility index (Phi) is 9.37. The van der Waals surface area contributed by atoms with Crippen LogP contribution in [0.25, 0.3) is 0 Å². The molecule has 2 aromatic rings. The van der Waals surface area contributed by atoms with E-state index < -0.39 is 60.1 Å². The van der Waals surface area contributed by atoms with Crippen LogP contribution in [0.5, 0.6) is 0 Å². The van der Waals surface area contributed by atoms with E-state index in [0.717, 1.165) is 12.2 Å². The van der Waals surface area contributed by atoms with Crippen LogP contribution in [0.4, 0.5) is 0 Å². The van der Waals surface area contributed by atoms with E-state index in [1.807, 2.05) is 0 Å². The van der Waals surface area contributed by atoms with Gasteiger partial charge in [0.1, 0.15) is 11.5 Å². The Balaban J connectivity index is 0.000000158. The molecule has 17 nitrogen and oxygen atoms in total. The van der Waals surface area contributed by atoms with Crippen molar-refractivity contribution in [3.05, 3.63) is 88.9 Å². The summed E-state index contributed by atoms with van der Waals surface area (Å²) >= 11 is 0. The molecule has 20 heteroatoms. The summed E-state index contributed by atoms with van der Waals surface area (Å²) in [6.45, 7) is 2.73. The Labute approximate surface area is 244 Å². The van der Waals surface area contributed by atoms with Crippen LogP contribution in [-0.4, -0.2) is 54.8 Å². The summed E-state index contributed by atoms with van der Waals surface area (Å²) in [6, 6.07) is 12.6. The van der Waals surface area contributed by atoms with Gasteiger partial charge in [-0.15, -0.1) is 8.80 Å². The molecule has 0 aromatic heterocycles. The van der Waals surface area contributed by atoms with Gasteiger partial charge in [-0.3, -0.25) is 4.79 Å². The van der Waals surface area contributed by atoms with Crippen molar-refractivity contribution in [1.29, 1.82) is 0 Å². The maximum absolute atomic E-state index is 11.1. The van der Waals surface area contributed by atoms with Gasteiger partial charge in [0.2, 0.25) is 0 Å². The van der Waals surface area contributed by atoms with Crippen LogP contribution in [0, 0.1) is 0 Å². The number of amides is 1. The smallest absolute Gasteiger partial charge is 0.427 e. The van der Waals surface area contributed by atoms with Crippen molar-refractivity contribution >= 4 is 60.1 Å². The topological polar surface area (TPSA) is 280 Å². The quantitative estimate of drug-likeness (QED) is 0.280. The first-order chi connectivity index (χ1) is 19.9. The standard InChI is InChI=1S/C8H5NO2.C7H5NO3S.2C4H5NO4S/c10-7-5-3-1-2-4-6(5)8(11)9-7;9-7-5-3-1-2-4-6(5)12(10,11)8-7;2*1-3-2-4(6)5-10(7,8)9-3/h1-4H,(H,9,10,11);1-4H,(H,8,9);2*2H,1H3,(H,5,6)/p-4. The number of sulfonamides is 1. The van der Waals surface area contributed by atoms with Gasteiger partial charge >= 0.3 is 20.6 Å². The molecule has 0 fully saturated rings. The zero-order chi connectivity index (χ0) is 32.2. The fraction of sp³-hybridized carbons (Fsp3) is 0.0870. The maximum Gasteiger partial charge on any atom is 0.427 e. The van der Waals surface area contributed by atoms with Gasteiger partial charge in [-0.25, -0.2) is 4.99 Å². The van der Waals surface area contributed by atoms with Gasteiger partial charge in [-0.2, -0.15) is 29.7 Å². The highest BCUT2D eigenvalue weighted by molar-refractivity contribution is 7.90. The minimum Gasteiger partial charge on any atom is -0.858 e. The lowest BCUT2D eigenvalue weighted by Crippen LogP contribution is -2.21. The first kappa shape index (κ1) is 32.4. The van der Waals surface area contributed by atoms with E-state index in [-0.39, 0.29) is 22.0 Å². The number of fused-ring (bicyclic) bond motifs is 2. The molecule has 228 valence electrons. The lowest BCUT2D eigenvalue weighted by Gasteiger charge is -2.12.